The molecule has 4 bridgehead atoms. The van der Waals surface area contributed by atoms with Crippen LogP contribution in [0.2, 0.25) is 0 Å². The molecular weight excluding hydrogens is 398 g/mol. The van der Waals surface area contributed by atoms with E-state index < -0.39 is 6.09 Å². The number of aromatic nitrogens is 4. The molecule has 1 fully saturated rings. The molecule has 9 heteroatoms. The molecule has 0 spiro atoms. The summed E-state index contributed by atoms with van der Waals surface area (Å²) in [5.41, 5.74) is 2.21. The molecule has 0 saturated carbocycles. The number of hydrogen-bond acceptors (Lipinski definition) is 7. The predicted octanol–water partition coefficient (Wildman–Crippen LogP) is 3.59. The van der Waals surface area contributed by atoms with Gasteiger partial charge in [-0.1, -0.05) is 0 Å². The highest BCUT2D eigenvalue weighted by Gasteiger charge is 2.23. The third-order valence-electron chi connectivity index (χ3n) is 5.54. The van der Waals surface area contributed by atoms with Crippen molar-refractivity contribution in [2.75, 3.05) is 13.2 Å². The topological polar surface area (TPSA) is 100 Å². The van der Waals surface area contributed by atoms with Crippen molar-refractivity contribution in [2.24, 2.45) is 0 Å². The average molecular weight is 423 g/mol. The minimum absolute atomic E-state index is 0.0586. The van der Waals surface area contributed by atoms with Gasteiger partial charge in [0.2, 0.25) is 0 Å². The molecule has 2 aromatic heterocycles. The maximum absolute atomic E-state index is 12.0. The van der Waals surface area contributed by atoms with Crippen LogP contribution < -0.4 is 10.1 Å². The molecule has 2 aliphatic heterocycles. The molecule has 9 nitrogen and oxygen atoms in total. The van der Waals surface area contributed by atoms with Gasteiger partial charge in [0.05, 0.1) is 17.3 Å². The highest BCUT2D eigenvalue weighted by Crippen LogP contribution is 2.34. The number of fused-ring (bicyclic) bond motifs is 4. The fourth-order valence-electron chi connectivity index (χ4n) is 3.94. The SMILES string of the molecule is C[C@@H]1CCNC(=O)OCc2ccnc(n2)-c2nn(C3CCCCO3)c3ccc(cc23)O1. The van der Waals surface area contributed by atoms with Crippen molar-refractivity contribution in [3.8, 4) is 17.3 Å². The van der Waals surface area contributed by atoms with Crippen LogP contribution in [0.25, 0.3) is 22.4 Å². The number of cyclic esters (lactones) is 1. The number of rotatable bonds is 1. The number of benzene rings is 1. The standard InChI is InChI=1S/C22H25N5O4/c1-14-7-9-24-22(28)30-13-15-8-10-23-21(25-15)20-17-12-16(31-14)5-6-18(17)27(26-20)19-4-2-3-11-29-19/h5-6,8,10,12,14,19H,2-4,7,9,11,13H2,1H3,(H,24,28)/t14-,19?/m1/s1. The van der Waals surface area contributed by atoms with E-state index in [1.54, 1.807) is 12.3 Å². The lowest BCUT2D eigenvalue weighted by Crippen LogP contribution is -2.28. The normalized spacial score (nSPS) is 22.2. The van der Waals surface area contributed by atoms with Gasteiger partial charge in [-0.25, -0.2) is 19.4 Å². The number of ether oxygens (including phenoxy) is 3. The molecule has 2 aliphatic rings. The molecule has 162 valence electrons. The van der Waals surface area contributed by atoms with Crippen LogP contribution in [0.15, 0.2) is 30.5 Å². The average Bonchev–Trinajstić information content (AvgIpc) is 3.17. The first-order valence-electron chi connectivity index (χ1n) is 10.7. The van der Waals surface area contributed by atoms with Gasteiger partial charge < -0.3 is 19.5 Å². The van der Waals surface area contributed by atoms with Gasteiger partial charge in [0.25, 0.3) is 0 Å². The Hall–Kier alpha value is -3.20. The van der Waals surface area contributed by atoms with E-state index in [1.807, 2.05) is 29.8 Å². The first-order valence-corrected chi connectivity index (χ1v) is 10.7. The Morgan fingerprint density at radius 3 is 3.00 bits per heavy atom. The summed E-state index contributed by atoms with van der Waals surface area (Å²) in [5.74, 6) is 1.21. The Labute approximate surface area is 179 Å². The van der Waals surface area contributed by atoms with Gasteiger partial charge in [-0.3, -0.25) is 0 Å². The summed E-state index contributed by atoms with van der Waals surface area (Å²) in [4.78, 5) is 21.0. The second-order valence-corrected chi connectivity index (χ2v) is 7.88. The summed E-state index contributed by atoms with van der Waals surface area (Å²) in [5, 5.41) is 8.51. The van der Waals surface area contributed by atoms with E-state index >= 15 is 0 Å². The van der Waals surface area contributed by atoms with Crippen LogP contribution in [0.5, 0.6) is 5.75 Å². The highest BCUT2D eigenvalue weighted by molar-refractivity contribution is 5.92. The molecule has 1 aromatic carbocycles. The van der Waals surface area contributed by atoms with E-state index in [0.717, 1.165) is 42.5 Å². The van der Waals surface area contributed by atoms with Crippen LogP contribution in [-0.4, -0.2) is 45.1 Å². The summed E-state index contributed by atoms with van der Waals surface area (Å²) < 4.78 is 19.3. The molecule has 3 aromatic rings. The molecule has 31 heavy (non-hydrogen) atoms. The van der Waals surface area contributed by atoms with Gasteiger partial charge in [0.1, 0.15) is 18.1 Å². The van der Waals surface area contributed by atoms with Crippen molar-refractivity contribution in [2.45, 2.75) is 51.5 Å². The van der Waals surface area contributed by atoms with E-state index in [4.69, 9.17) is 19.3 Å². The lowest BCUT2D eigenvalue weighted by molar-refractivity contribution is -0.0365. The zero-order valence-electron chi connectivity index (χ0n) is 17.4. The molecule has 5 rings (SSSR count). The van der Waals surface area contributed by atoms with Crippen LogP contribution in [-0.2, 0) is 16.1 Å². The maximum atomic E-state index is 12.0. The van der Waals surface area contributed by atoms with Crippen LogP contribution >= 0.6 is 0 Å². The number of carbonyl (C=O) groups is 1. The van der Waals surface area contributed by atoms with Gasteiger partial charge in [0.15, 0.2) is 12.1 Å². The number of carbonyl (C=O) groups excluding carboxylic acids is 1. The highest BCUT2D eigenvalue weighted by atomic mass is 16.5. The fourth-order valence-corrected chi connectivity index (χ4v) is 3.94. The quantitative estimate of drug-likeness (QED) is 0.638. The van der Waals surface area contributed by atoms with Crippen LogP contribution in [0.3, 0.4) is 0 Å². The van der Waals surface area contributed by atoms with Crippen LogP contribution in [0.4, 0.5) is 4.79 Å². The van der Waals surface area contributed by atoms with E-state index in [-0.39, 0.29) is 18.9 Å². The molecule has 1 unspecified atom stereocenters. The zero-order valence-corrected chi connectivity index (χ0v) is 17.4. The summed E-state index contributed by atoms with van der Waals surface area (Å²) in [6.07, 6.45) is 4.71. The second kappa shape index (κ2) is 8.50. The summed E-state index contributed by atoms with van der Waals surface area (Å²) in [6, 6.07) is 7.67. The van der Waals surface area contributed by atoms with Crippen molar-refractivity contribution in [3.05, 3.63) is 36.2 Å². The summed E-state index contributed by atoms with van der Waals surface area (Å²) >= 11 is 0. The van der Waals surface area contributed by atoms with Crippen LogP contribution in [0, 0.1) is 0 Å². The molecule has 1 amide bonds. The monoisotopic (exact) mass is 423 g/mol. The minimum atomic E-state index is -0.482. The predicted molar refractivity (Wildman–Crippen MR) is 112 cm³/mol. The second-order valence-electron chi connectivity index (χ2n) is 7.88. The first-order chi connectivity index (χ1) is 15.2. The Bertz CT molecular complexity index is 1090. The van der Waals surface area contributed by atoms with E-state index in [0.29, 0.717) is 30.2 Å². The third-order valence-corrected chi connectivity index (χ3v) is 5.54. The fraction of sp³-hybridized carbons (Fsp3) is 0.455. The van der Waals surface area contributed by atoms with E-state index in [1.165, 1.54) is 0 Å². The van der Waals surface area contributed by atoms with E-state index in [2.05, 4.69) is 15.3 Å². The lowest BCUT2D eigenvalue weighted by atomic mass is 10.1. The molecule has 1 saturated heterocycles. The van der Waals surface area contributed by atoms with E-state index in [9.17, 15) is 4.79 Å². The molecule has 2 atom stereocenters. The summed E-state index contributed by atoms with van der Waals surface area (Å²) in [6.45, 7) is 3.22. The molecule has 4 heterocycles. The molecule has 0 aliphatic carbocycles. The van der Waals surface area contributed by atoms with Crippen molar-refractivity contribution in [1.82, 2.24) is 25.1 Å². The number of amides is 1. The van der Waals surface area contributed by atoms with Crippen molar-refractivity contribution in [3.63, 3.8) is 0 Å². The van der Waals surface area contributed by atoms with Gasteiger partial charge in [-0.05, 0) is 50.5 Å². The Balaban J connectivity index is 1.63. The van der Waals surface area contributed by atoms with Crippen molar-refractivity contribution < 1.29 is 19.0 Å². The maximum Gasteiger partial charge on any atom is 0.407 e. The van der Waals surface area contributed by atoms with Gasteiger partial charge in [0, 0.05) is 31.2 Å². The van der Waals surface area contributed by atoms with Gasteiger partial charge in [-0.2, -0.15) is 5.10 Å². The molecule has 0 radical (unpaired) electrons. The van der Waals surface area contributed by atoms with Crippen molar-refractivity contribution >= 4 is 17.0 Å². The number of nitrogens with zero attached hydrogens (tertiary/aromatic N) is 4. The minimum Gasteiger partial charge on any atom is -0.491 e. The smallest absolute Gasteiger partial charge is 0.407 e. The number of hydrogen-bond donors (Lipinski definition) is 1. The Morgan fingerprint density at radius 2 is 2.13 bits per heavy atom. The van der Waals surface area contributed by atoms with Crippen molar-refractivity contribution in [1.29, 1.82) is 0 Å². The molecular formula is C22H25N5O4. The largest absolute Gasteiger partial charge is 0.491 e. The van der Waals surface area contributed by atoms with Gasteiger partial charge >= 0.3 is 6.09 Å². The number of alkyl carbamates (subject to hydrolysis) is 1. The Morgan fingerprint density at radius 1 is 1.19 bits per heavy atom. The zero-order chi connectivity index (χ0) is 21.2. The summed E-state index contributed by atoms with van der Waals surface area (Å²) in [7, 11) is 0. The molecule has 1 N–H and O–H groups in total. The van der Waals surface area contributed by atoms with Gasteiger partial charge in [-0.15, -0.1) is 0 Å². The van der Waals surface area contributed by atoms with Crippen LogP contribution in [0.1, 0.15) is 44.5 Å². The third kappa shape index (κ3) is 4.18. The Kier molecular flexibility index (Phi) is 5.42. The lowest BCUT2D eigenvalue weighted by Gasteiger charge is -2.23. The first kappa shape index (κ1) is 19.7. The number of nitrogens with one attached hydrogen (secondary N) is 1.